The van der Waals surface area contributed by atoms with Crippen molar-refractivity contribution in [2.75, 3.05) is 25.2 Å². The lowest BCUT2D eigenvalue weighted by molar-refractivity contribution is -0.117. The quantitative estimate of drug-likeness (QED) is 0.866. The molecule has 2 aromatic carbocycles. The molecule has 6 heteroatoms. The fraction of sp³-hybridized carbons (Fsp3) is 0.300. The van der Waals surface area contributed by atoms with Crippen molar-refractivity contribution in [3.05, 3.63) is 54.1 Å². The van der Waals surface area contributed by atoms with Crippen molar-refractivity contribution in [2.45, 2.75) is 19.4 Å². The average molecular weight is 354 g/mol. The Bertz CT molecular complexity index is 771. The van der Waals surface area contributed by atoms with Gasteiger partial charge in [0.05, 0.1) is 19.8 Å². The Kier molecular flexibility index (Phi) is 5.41. The van der Waals surface area contributed by atoms with Gasteiger partial charge in [-0.3, -0.25) is 9.59 Å². The Hall–Kier alpha value is -3.02. The van der Waals surface area contributed by atoms with E-state index in [4.69, 9.17) is 9.47 Å². The van der Waals surface area contributed by atoms with Gasteiger partial charge in [0.2, 0.25) is 5.91 Å². The molecule has 1 aliphatic heterocycles. The predicted molar refractivity (Wildman–Crippen MR) is 98.8 cm³/mol. The van der Waals surface area contributed by atoms with E-state index in [1.165, 1.54) is 0 Å². The first-order valence-corrected chi connectivity index (χ1v) is 8.59. The highest BCUT2D eigenvalue weighted by Gasteiger charge is 2.31. The van der Waals surface area contributed by atoms with E-state index in [9.17, 15) is 9.59 Å². The van der Waals surface area contributed by atoms with E-state index in [2.05, 4.69) is 5.32 Å². The van der Waals surface area contributed by atoms with Gasteiger partial charge in [-0.25, -0.2) is 0 Å². The first-order valence-electron chi connectivity index (χ1n) is 8.59. The van der Waals surface area contributed by atoms with Crippen molar-refractivity contribution >= 4 is 17.5 Å². The van der Waals surface area contributed by atoms with Crippen LogP contribution in [0.4, 0.5) is 5.69 Å². The molecular formula is C20H22N2O4. The number of methoxy groups -OCH3 is 1. The summed E-state index contributed by atoms with van der Waals surface area (Å²) in [6.45, 7) is 2.98. The SMILES string of the molecule is CCOc1ccc(N2C[C@@H](NC(=O)c3ccc(OC)cc3)CC2=O)cc1. The van der Waals surface area contributed by atoms with E-state index < -0.39 is 0 Å². The van der Waals surface area contributed by atoms with Gasteiger partial charge >= 0.3 is 0 Å². The molecule has 136 valence electrons. The summed E-state index contributed by atoms with van der Waals surface area (Å²) in [5, 5.41) is 2.93. The van der Waals surface area contributed by atoms with Crippen LogP contribution in [0.15, 0.2) is 48.5 Å². The zero-order chi connectivity index (χ0) is 18.5. The fourth-order valence-electron chi connectivity index (χ4n) is 2.95. The number of anilines is 1. The number of hydrogen-bond acceptors (Lipinski definition) is 4. The molecule has 26 heavy (non-hydrogen) atoms. The van der Waals surface area contributed by atoms with E-state index in [1.807, 2.05) is 31.2 Å². The van der Waals surface area contributed by atoms with Crippen molar-refractivity contribution in [3.8, 4) is 11.5 Å². The van der Waals surface area contributed by atoms with Crippen LogP contribution in [-0.4, -0.2) is 38.1 Å². The first kappa shape index (κ1) is 17.8. The minimum atomic E-state index is -0.219. The molecule has 1 fully saturated rings. The lowest BCUT2D eigenvalue weighted by Crippen LogP contribution is -2.37. The molecule has 2 aromatic rings. The second-order valence-corrected chi connectivity index (χ2v) is 6.03. The lowest BCUT2D eigenvalue weighted by Gasteiger charge is -2.18. The van der Waals surface area contributed by atoms with E-state index in [0.717, 1.165) is 11.4 Å². The minimum absolute atomic E-state index is 0.00538. The molecule has 1 N–H and O–H groups in total. The number of benzene rings is 2. The molecule has 1 heterocycles. The van der Waals surface area contributed by atoms with Crippen LogP contribution in [0.25, 0.3) is 0 Å². The monoisotopic (exact) mass is 354 g/mol. The van der Waals surface area contributed by atoms with Gasteiger partial charge in [0.15, 0.2) is 0 Å². The summed E-state index contributed by atoms with van der Waals surface area (Å²) in [7, 11) is 1.58. The number of hydrogen-bond donors (Lipinski definition) is 1. The maximum Gasteiger partial charge on any atom is 0.251 e. The van der Waals surface area contributed by atoms with Gasteiger partial charge in [0.25, 0.3) is 5.91 Å². The second kappa shape index (κ2) is 7.91. The number of nitrogens with zero attached hydrogens (tertiary/aromatic N) is 1. The molecule has 2 amide bonds. The number of rotatable bonds is 6. The van der Waals surface area contributed by atoms with E-state index >= 15 is 0 Å². The number of nitrogens with one attached hydrogen (secondary N) is 1. The molecule has 0 aromatic heterocycles. The summed E-state index contributed by atoms with van der Waals surface area (Å²) in [6.07, 6.45) is 0.287. The third-order valence-corrected chi connectivity index (χ3v) is 4.27. The Morgan fingerprint density at radius 2 is 1.77 bits per heavy atom. The van der Waals surface area contributed by atoms with Crippen molar-refractivity contribution in [1.29, 1.82) is 0 Å². The predicted octanol–water partition coefficient (Wildman–Crippen LogP) is 2.63. The molecule has 3 rings (SSSR count). The van der Waals surface area contributed by atoms with Crippen LogP contribution in [0.5, 0.6) is 11.5 Å². The second-order valence-electron chi connectivity index (χ2n) is 6.03. The fourth-order valence-corrected chi connectivity index (χ4v) is 2.95. The zero-order valence-electron chi connectivity index (χ0n) is 14.9. The summed E-state index contributed by atoms with van der Waals surface area (Å²) >= 11 is 0. The molecule has 0 radical (unpaired) electrons. The summed E-state index contributed by atoms with van der Waals surface area (Å²) < 4.78 is 10.5. The zero-order valence-corrected chi connectivity index (χ0v) is 14.9. The maximum atomic E-state index is 12.4. The molecular weight excluding hydrogens is 332 g/mol. The summed E-state index contributed by atoms with van der Waals surface area (Å²) in [5.41, 5.74) is 1.34. The number of ether oxygens (including phenoxy) is 2. The van der Waals surface area contributed by atoms with Crippen LogP contribution in [-0.2, 0) is 4.79 Å². The van der Waals surface area contributed by atoms with Crippen LogP contribution in [0.2, 0.25) is 0 Å². The molecule has 1 aliphatic rings. The Morgan fingerprint density at radius 1 is 1.12 bits per heavy atom. The van der Waals surface area contributed by atoms with Crippen LogP contribution in [0.3, 0.4) is 0 Å². The van der Waals surface area contributed by atoms with E-state index in [0.29, 0.717) is 24.5 Å². The summed E-state index contributed by atoms with van der Waals surface area (Å²) in [4.78, 5) is 26.4. The Labute approximate surface area is 152 Å². The van der Waals surface area contributed by atoms with Crippen LogP contribution in [0.1, 0.15) is 23.7 Å². The molecule has 0 saturated carbocycles. The van der Waals surface area contributed by atoms with Gasteiger partial charge in [-0.05, 0) is 55.5 Å². The Morgan fingerprint density at radius 3 is 2.38 bits per heavy atom. The summed E-state index contributed by atoms with van der Waals surface area (Å²) in [6, 6.07) is 14.1. The molecule has 1 atom stereocenters. The van der Waals surface area contributed by atoms with Crippen LogP contribution < -0.4 is 19.7 Å². The van der Waals surface area contributed by atoms with Crippen molar-refractivity contribution in [2.24, 2.45) is 0 Å². The van der Waals surface area contributed by atoms with Gasteiger partial charge < -0.3 is 19.7 Å². The first-order chi connectivity index (χ1) is 12.6. The van der Waals surface area contributed by atoms with Crippen molar-refractivity contribution in [1.82, 2.24) is 5.32 Å². The molecule has 0 unspecified atom stereocenters. The lowest BCUT2D eigenvalue weighted by atomic mass is 10.2. The molecule has 0 bridgehead atoms. The van der Waals surface area contributed by atoms with E-state index in [1.54, 1.807) is 36.3 Å². The Balaban J connectivity index is 1.62. The number of carbonyl (C=O) groups excluding carboxylic acids is 2. The van der Waals surface area contributed by atoms with E-state index in [-0.39, 0.29) is 24.3 Å². The maximum absolute atomic E-state index is 12.4. The largest absolute Gasteiger partial charge is 0.497 e. The summed E-state index contributed by atoms with van der Waals surface area (Å²) in [5.74, 6) is 1.26. The van der Waals surface area contributed by atoms with Crippen molar-refractivity contribution < 1.29 is 19.1 Å². The van der Waals surface area contributed by atoms with Gasteiger partial charge in [-0.2, -0.15) is 0 Å². The number of amides is 2. The third kappa shape index (κ3) is 3.96. The third-order valence-electron chi connectivity index (χ3n) is 4.27. The highest BCUT2D eigenvalue weighted by atomic mass is 16.5. The molecule has 0 aliphatic carbocycles. The van der Waals surface area contributed by atoms with Gasteiger partial charge in [-0.15, -0.1) is 0 Å². The van der Waals surface area contributed by atoms with Gasteiger partial charge in [-0.1, -0.05) is 0 Å². The standard InChI is InChI=1S/C20H22N2O4/c1-3-26-18-10-6-16(7-11-18)22-13-15(12-19(22)23)21-20(24)14-4-8-17(25-2)9-5-14/h4-11,15H,3,12-13H2,1-2H3,(H,21,24)/t15-/m0/s1. The minimum Gasteiger partial charge on any atom is -0.497 e. The van der Waals surface area contributed by atoms with Crippen LogP contribution >= 0.6 is 0 Å². The highest BCUT2D eigenvalue weighted by molar-refractivity contribution is 5.99. The van der Waals surface area contributed by atoms with Crippen LogP contribution in [0, 0.1) is 0 Å². The molecule has 1 saturated heterocycles. The molecule has 0 spiro atoms. The van der Waals surface area contributed by atoms with Gasteiger partial charge in [0, 0.05) is 24.2 Å². The smallest absolute Gasteiger partial charge is 0.251 e. The van der Waals surface area contributed by atoms with Crippen molar-refractivity contribution in [3.63, 3.8) is 0 Å². The molecule has 6 nitrogen and oxygen atoms in total. The normalized spacial score (nSPS) is 16.5. The number of carbonyl (C=O) groups is 2. The average Bonchev–Trinajstić information content (AvgIpc) is 3.03. The van der Waals surface area contributed by atoms with Gasteiger partial charge in [0.1, 0.15) is 11.5 Å². The highest BCUT2D eigenvalue weighted by Crippen LogP contribution is 2.24. The topological polar surface area (TPSA) is 67.9 Å².